The van der Waals surface area contributed by atoms with Gasteiger partial charge in [0.1, 0.15) is 11.8 Å². The lowest BCUT2D eigenvalue weighted by molar-refractivity contribution is -0.123. The van der Waals surface area contributed by atoms with E-state index in [1.165, 1.54) is 0 Å². The van der Waals surface area contributed by atoms with Crippen molar-refractivity contribution in [1.82, 2.24) is 10.6 Å². The van der Waals surface area contributed by atoms with Gasteiger partial charge in [0.25, 0.3) is 0 Å². The predicted octanol–water partition coefficient (Wildman–Crippen LogP) is 1.45. The lowest BCUT2D eigenvalue weighted by Gasteiger charge is -2.09. The highest BCUT2D eigenvalue weighted by molar-refractivity contribution is 5.77. The molecule has 0 radical (unpaired) electrons. The van der Waals surface area contributed by atoms with Gasteiger partial charge in [-0.05, 0) is 17.7 Å². The Balaban J connectivity index is 2.19. The maximum absolute atomic E-state index is 11.3. The molecule has 0 unspecified atom stereocenters. The van der Waals surface area contributed by atoms with Crippen LogP contribution in [0.3, 0.4) is 0 Å². The van der Waals surface area contributed by atoms with Crippen molar-refractivity contribution in [3.05, 3.63) is 29.8 Å². The number of nitrogens with one attached hydrogen (secondary N) is 2. The molecule has 0 aromatic heterocycles. The minimum atomic E-state index is 0.0240. The molecule has 108 valence electrons. The summed E-state index contributed by atoms with van der Waals surface area (Å²) in [5.74, 6) is 0.793. The first-order chi connectivity index (χ1) is 9.63. The molecule has 0 fully saturated rings. The van der Waals surface area contributed by atoms with Gasteiger partial charge in [0.2, 0.25) is 5.91 Å². The van der Waals surface area contributed by atoms with Gasteiger partial charge in [0, 0.05) is 25.6 Å². The Bertz CT molecular complexity index is 449. The number of hydrogen-bond donors (Lipinski definition) is 2. The van der Waals surface area contributed by atoms with E-state index in [1.807, 2.05) is 44.2 Å². The van der Waals surface area contributed by atoms with Crippen LogP contribution in [-0.2, 0) is 11.3 Å². The molecule has 0 atom stereocenters. The fraction of sp³-hybridized carbons (Fsp3) is 0.467. The van der Waals surface area contributed by atoms with Crippen LogP contribution in [0.4, 0.5) is 0 Å². The molecule has 1 aromatic rings. The first-order valence-corrected chi connectivity index (χ1v) is 6.70. The number of nitriles is 1. The Morgan fingerprint density at radius 2 is 2.00 bits per heavy atom. The molecular formula is C15H21N3O2. The third-order valence-corrected chi connectivity index (χ3v) is 2.68. The summed E-state index contributed by atoms with van der Waals surface area (Å²) in [6.45, 7) is 5.89. The van der Waals surface area contributed by atoms with Crippen molar-refractivity contribution in [2.24, 2.45) is 5.92 Å². The smallest absolute Gasteiger partial charge is 0.222 e. The molecular weight excluding hydrogens is 254 g/mol. The van der Waals surface area contributed by atoms with Gasteiger partial charge < -0.3 is 15.4 Å². The van der Waals surface area contributed by atoms with Gasteiger partial charge in [-0.3, -0.25) is 4.79 Å². The van der Waals surface area contributed by atoms with Crippen molar-refractivity contribution in [3.63, 3.8) is 0 Å². The van der Waals surface area contributed by atoms with Crippen LogP contribution in [0.15, 0.2) is 24.3 Å². The van der Waals surface area contributed by atoms with Gasteiger partial charge in [0.05, 0.1) is 0 Å². The van der Waals surface area contributed by atoms with Gasteiger partial charge in [-0.2, -0.15) is 5.26 Å². The van der Waals surface area contributed by atoms with Gasteiger partial charge in [0.15, 0.2) is 6.61 Å². The van der Waals surface area contributed by atoms with Crippen LogP contribution in [0.5, 0.6) is 5.75 Å². The SMILES string of the molecule is CC(C)C(=O)NCCNCc1ccc(OCC#N)cc1. The van der Waals surface area contributed by atoms with Crippen LogP contribution in [0.1, 0.15) is 19.4 Å². The second kappa shape index (κ2) is 8.94. The Hall–Kier alpha value is -2.06. The maximum Gasteiger partial charge on any atom is 0.222 e. The first-order valence-electron chi connectivity index (χ1n) is 6.70. The minimum absolute atomic E-state index is 0.0240. The molecule has 20 heavy (non-hydrogen) atoms. The molecule has 0 aliphatic heterocycles. The highest BCUT2D eigenvalue weighted by Crippen LogP contribution is 2.11. The van der Waals surface area contributed by atoms with Gasteiger partial charge in [-0.1, -0.05) is 26.0 Å². The summed E-state index contributed by atoms with van der Waals surface area (Å²) in [4.78, 5) is 11.3. The Labute approximate surface area is 119 Å². The molecule has 0 heterocycles. The lowest BCUT2D eigenvalue weighted by Crippen LogP contribution is -2.34. The minimum Gasteiger partial charge on any atom is -0.479 e. The van der Waals surface area contributed by atoms with E-state index in [9.17, 15) is 4.79 Å². The zero-order valence-electron chi connectivity index (χ0n) is 12.0. The number of rotatable bonds is 8. The molecule has 0 bridgehead atoms. The van der Waals surface area contributed by atoms with Crippen LogP contribution >= 0.6 is 0 Å². The summed E-state index contributed by atoms with van der Waals surface area (Å²) >= 11 is 0. The Morgan fingerprint density at radius 3 is 2.60 bits per heavy atom. The van der Waals surface area contributed by atoms with Crippen molar-refractivity contribution < 1.29 is 9.53 Å². The van der Waals surface area contributed by atoms with Crippen LogP contribution in [-0.4, -0.2) is 25.6 Å². The van der Waals surface area contributed by atoms with E-state index in [-0.39, 0.29) is 18.4 Å². The fourth-order valence-electron chi connectivity index (χ4n) is 1.53. The largest absolute Gasteiger partial charge is 0.479 e. The summed E-state index contributed by atoms with van der Waals surface area (Å²) in [5, 5.41) is 14.5. The maximum atomic E-state index is 11.3. The summed E-state index contributed by atoms with van der Waals surface area (Å²) in [6.07, 6.45) is 0. The monoisotopic (exact) mass is 275 g/mol. The molecule has 5 nitrogen and oxygen atoms in total. The summed E-state index contributed by atoms with van der Waals surface area (Å²) < 4.78 is 5.17. The van der Waals surface area contributed by atoms with Gasteiger partial charge in [-0.25, -0.2) is 0 Å². The Kier molecular flexibility index (Phi) is 7.15. The summed E-state index contributed by atoms with van der Waals surface area (Å²) in [6, 6.07) is 9.51. The molecule has 0 saturated heterocycles. The van der Waals surface area contributed by atoms with E-state index in [2.05, 4.69) is 10.6 Å². The average molecular weight is 275 g/mol. The first kappa shape index (κ1) is 16.0. The molecule has 1 amide bonds. The van der Waals surface area contributed by atoms with Crippen LogP contribution < -0.4 is 15.4 Å². The van der Waals surface area contributed by atoms with E-state index in [0.29, 0.717) is 12.3 Å². The average Bonchev–Trinajstić information content (AvgIpc) is 2.45. The third-order valence-electron chi connectivity index (χ3n) is 2.68. The summed E-state index contributed by atoms with van der Waals surface area (Å²) in [7, 11) is 0. The number of carbonyl (C=O) groups is 1. The number of carbonyl (C=O) groups excluding carboxylic acids is 1. The normalized spacial score (nSPS) is 10.1. The van der Waals surface area contributed by atoms with Crippen molar-refractivity contribution >= 4 is 5.91 Å². The molecule has 0 saturated carbocycles. The molecule has 1 rings (SSSR count). The van der Waals surface area contributed by atoms with E-state index < -0.39 is 0 Å². The third kappa shape index (κ3) is 6.21. The molecule has 0 spiro atoms. The van der Waals surface area contributed by atoms with Crippen LogP contribution in [0.2, 0.25) is 0 Å². The number of nitrogens with zero attached hydrogens (tertiary/aromatic N) is 1. The van der Waals surface area contributed by atoms with Crippen LogP contribution in [0, 0.1) is 17.2 Å². The summed E-state index contributed by atoms with van der Waals surface area (Å²) in [5.41, 5.74) is 1.13. The van der Waals surface area contributed by atoms with E-state index in [4.69, 9.17) is 10.00 Å². The Morgan fingerprint density at radius 1 is 1.30 bits per heavy atom. The number of benzene rings is 1. The topological polar surface area (TPSA) is 74.2 Å². The van der Waals surface area contributed by atoms with Crippen molar-refractivity contribution in [3.8, 4) is 11.8 Å². The second-order valence-electron chi connectivity index (χ2n) is 4.71. The number of ether oxygens (including phenoxy) is 1. The number of amides is 1. The predicted molar refractivity (Wildman–Crippen MR) is 77.1 cm³/mol. The standard InChI is InChI=1S/C15H21N3O2/c1-12(2)15(19)18-9-8-17-11-13-3-5-14(6-4-13)20-10-7-16/h3-6,12,17H,8-11H2,1-2H3,(H,18,19). The van der Waals surface area contributed by atoms with Crippen molar-refractivity contribution in [2.75, 3.05) is 19.7 Å². The second-order valence-corrected chi connectivity index (χ2v) is 4.71. The zero-order chi connectivity index (χ0) is 14.8. The van der Waals surface area contributed by atoms with E-state index in [1.54, 1.807) is 0 Å². The van der Waals surface area contributed by atoms with Crippen molar-refractivity contribution in [1.29, 1.82) is 5.26 Å². The van der Waals surface area contributed by atoms with E-state index >= 15 is 0 Å². The molecule has 1 aromatic carbocycles. The molecule has 0 aliphatic rings. The fourth-order valence-corrected chi connectivity index (χ4v) is 1.53. The number of hydrogen-bond acceptors (Lipinski definition) is 4. The van der Waals surface area contributed by atoms with Crippen LogP contribution in [0.25, 0.3) is 0 Å². The quantitative estimate of drug-likeness (QED) is 0.704. The van der Waals surface area contributed by atoms with Crippen molar-refractivity contribution in [2.45, 2.75) is 20.4 Å². The highest BCUT2D eigenvalue weighted by Gasteiger charge is 2.04. The molecule has 2 N–H and O–H groups in total. The van der Waals surface area contributed by atoms with Gasteiger partial charge >= 0.3 is 0 Å². The zero-order valence-corrected chi connectivity index (χ0v) is 12.0. The van der Waals surface area contributed by atoms with E-state index in [0.717, 1.165) is 18.7 Å². The molecule has 0 aliphatic carbocycles. The molecule has 5 heteroatoms. The van der Waals surface area contributed by atoms with Gasteiger partial charge in [-0.15, -0.1) is 0 Å². The lowest BCUT2D eigenvalue weighted by atomic mass is 10.2. The highest BCUT2D eigenvalue weighted by atomic mass is 16.5.